The number of amides is 2. The van der Waals surface area contributed by atoms with Crippen molar-refractivity contribution >= 4 is 28.8 Å². The van der Waals surface area contributed by atoms with Crippen LogP contribution < -0.4 is 11.1 Å². The average Bonchev–Trinajstić information content (AvgIpc) is 3.14. The fourth-order valence-electron chi connectivity index (χ4n) is 3.17. The Morgan fingerprint density at radius 2 is 2.14 bits per heavy atom. The number of carbonyl (C=O) groups excluding carboxylic acids is 2. The van der Waals surface area contributed by atoms with Gasteiger partial charge in [-0.25, -0.2) is 0 Å². The Kier molecular flexibility index (Phi) is 3.02. The van der Waals surface area contributed by atoms with Crippen LogP contribution in [0.25, 0.3) is 10.4 Å². The fourth-order valence-corrected chi connectivity index (χ4v) is 3.89. The number of hydrogen-bond acceptors (Lipinski definition) is 4. The van der Waals surface area contributed by atoms with E-state index in [1.165, 1.54) is 0 Å². The Morgan fingerprint density at radius 3 is 2.91 bits per heavy atom. The monoisotopic (exact) mass is 313 g/mol. The first-order valence-electron chi connectivity index (χ1n) is 7.20. The topological polar surface area (TPSA) is 75.4 Å². The number of nitrogens with one attached hydrogen (secondary N) is 1. The third-order valence-corrected chi connectivity index (χ3v) is 5.21. The molecular formula is C16H15N3O2S. The third-order valence-electron chi connectivity index (χ3n) is 4.29. The van der Waals surface area contributed by atoms with Crippen molar-refractivity contribution in [1.29, 1.82) is 0 Å². The quantitative estimate of drug-likeness (QED) is 0.844. The van der Waals surface area contributed by atoms with Gasteiger partial charge in [0, 0.05) is 17.5 Å². The van der Waals surface area contributed by atoms with E-state index < -0.39 is 6.04 Å². The minimum atomic E-state index is -0.565. The molecule has 3 heterocycles. The zero-order valence-electron chi connectivity index (χ0n) is 11.8. The minimum Gasteiger partial charge on any atom is -0.325 e. The van der Waals surface area contributed by atoms with Crippen molar-refractivity contribution in [3.05, 3.63) is 41.3 Å². The van der Waals surface area contributed by atoms with Crippen LogP contribution in [0.2, 0.25) is 0 Å². The first kappa shape index (κ1) is 13.5. The molecule has 4 rings (SSSR count). The molecule has 0 aliphatic carbocycles. The molecule has 2 amide bonds. The molecule has 2 aliphatic heterocycles. The highest BCUT2D eigenvalue weighted by molar-refractivity contribution is 7.13. The van der Waals surface area contributed by atoms with E-state index in [9.17, 15) is 9.59 Å². The largest absolute Gasteiger partial charge is 0.325 e. The van der Waals surface area contributed by atoms with Crippen molar-refractivity contribution in [2.45, 2.75) is 18.5 Å². The van der Waals surface area contributed by atoms with E-state index in [-0.39, 0.29) is 17.9 Å². The van der Waals surface area contributed by atoms with E-state index in [2.05, 4.69) is 5.32 Å². The molecule has 3 N–H and O–H groups in total. The van der Waals surface area contributed by atoms with Crippen molar-refractivity contribution in [2.75, 3.05) is 11.9 Å². The van der Waals surface area contributed by atoms with E-state index in [0.29, 0.717) is 24.2 Å². The normalized spacial score (nSPS) is 23.8. The molecule has 0 radical (unpaired) electrons. The SMILES string of the molecule is N[C@H]1CCN2C(=O)c3cc(-c4cccs4)ccc3NC(=O)[C@H]12. The number of nitrogens with zero attached hydrogens (tertiary/aromatic N) is 1. The van der Waals surface area contributed by atoms with Crippen LogP contribution in [0.4, 0.5) is 5.69 Å². The Morgan fingerprint density at radius 1 is 1.27 bits per heavy atom. The molecule has 1 saturated heterocycles. The summed E-state index contributed by atoms with van der Waals surface area (Å²) in [5.41, 5.74) is 8.09. The first-order chi connectivity index (χ1) is 10.6. The van der Waals surface area contributed by atoms with Crippen molar-refractivity contribution in [3.8, 4) is 10.4 Å². The van der Waals surface area contributed by atoms with Crippen molar-refractivity contribution in [2.24, 2.45) is 5.73 Å². The lowest BCUT2D eigenvalue weighted by molar-refractivity contribution is -0.119. The van der Waals surface area contributed by atoms with E-state index >= 15 is 0 Å². The van der Waals surface area contributed by atoms with Gasteiger partial charge in [0.05, 0.1) is 11.3 Å². The molecule has 1 aromatic heterocycles. The van der Waals surface area contributed by atoms with Gasteiger partial charge in [-0.3, -0.25) is 9.59 Å². The number of nitrogens with two attached hydrogens (primary N) is 1. The number of benzene rings is 1. The maximum atomic E-state index is 12.8. The van der Waals surface area contributed by atoms with Crippen LogP contribution in [-0.2, 0) is 4.79 Å². The Bertz CT molecular complexity index is 757. The second kappa shape index (κ2) is 4.93. The number of hydrogen-bond donors (Lipinski definition) is 2. The van der Waals surface area contributed by atoms with Gasteiger partial charge in [-0.1, -0.05) is 12.1 Å². The molecule has 1 aromatic carbocycles. The van der Waals surface area contributed by atoms with E-state index in [1.54, 1.807) is 22.3 Å². The predicted molar refractivity (Wildman–Crippen MR) is 85.8 cm³/mol. The smallest absolute Gasteiger partial charge is 0.256 e. The Labute approximate surface area is 131 Å². The predicted octanol–water partition coefficient (Wildman–Crippen LogP) is 1.91. The molecule has 5 nitrogen and oxygen atoms in total. The lowest BCUT2D eigenvalue weighted by Crippen LogP contribution is -2.48. The summed E-state index contributed by atoms with van der Waals surface area (Å²) in [6, 6.07) is 8.71. The number of rotatable bonds is 1. The van der Waals surface area contributed by atoms with Crippen molar-refractivity contribution in [3.63, 3.8) is 0 Å². The summed E-state index contributed by atoms with van der Waals surface area (Å²) in [4.78, 5) is 27.9. The molecule has 0 saturated carbocycles. The van der Waals surface area contributed by atoms with Gasteiger partial charge in [0.25, 0.3) is 5.91 Å². The molecule has 22 heavy (non-hydrogen) atoms. The van der Waals surface area contributed by atoms with Crippen LogP contribution in [0.15, 0.2) is 35.7 Å². The number of carbonyl (C=O) groups is 2. The highest BCUT2D eigenvalue weighted by Crippen LogP contribution is 2.33. The van der Waals surface area contributed by atoms with Gasteiger partial charge < -0.3 is 16.0 Å². The molecule has 112 valence electrons. The van der Waals surface area contributed by atoms with E-state index in [4.69, 9.17) is 5.73 Å². The lowest BCUT2D eigenvalue weighted by Gasteiger charge is -2.22. The number of anilines is 1. The summed E-state index contributed by atoms with van der Waals surface area (Å²) in [5, 5.41) is 4.85. The molecular weight excluding hydrogens is 298 g/mol. The average molecular weight is 313 g/mol. The van der Waals surface area contributed by atoms with Crippen LogP contribution in [-0.4, -0.2) is 35.3 Å². The lowest BCUT2D eigenvalue weighted by atomic mass is 10.1. The summed E-state index contributed by atoms with van der Waals surface area (Å²) in [5.74, 6) is -0.314. The fraction of sp³-hybridized carbons (Fsp3) is 0.250. The Balaban J connectivity index is 1.81. The van der Waals surface area contributed by atoms with Gasteiger partial charge in [-0.2, -0.15) is 0 Å². The molecule has 6 heteroatoms. The second-order valence-electron chi connectivity index (χ2n) is 5.62. The standard InChI is InChI=1S/C16H15N3O2S/c17-11-5-6-19-14(11)15(20)18-12-4-3-9(8-10(12)16(19)21)13-2-1-7-22-13/h1-4,7-8,11,14H,5-6,17H2,(H,18,20)/t11-,14-/m0/s1. The minimum absolute atomic E-state index is 0.121. The molecule has 0 spiro atoms. The maximum Gasteiger partial charge on any atom is 0.256 e. The third kappa shape index (κ3) is 1.95. The maximum absolute atomic E-state index is 12.8. The van der Waals surface area contributed by atoms with Gasteiger partial charge in [-0.15, -0.1) is 11.3 Å². The summed E-state index contributed by atoms with van der Waals surface area (Å²) < 4.78 is 0. The van der Waals surface area contributed by atoms with Crippen LogP contribution in [0.5, 0.6) is 0 Å². The highest BCUT2D eigenvalue weighted by atomic mass is 32.1. The second-order valence-corrected chi connectivity index (χ2v) is 6.57. The molecule has 2 atom stereocenters. The Hall–Kier alpha value is -2.18. The number of fused-ring (bicyclic) bond motifs is 2. The summed E-state index contributed by atoms with van der Waals surface area (Å²) in [6.07, 6.45) is 0.657. The van der Waals surface area contributed by atoms with Crippen LogP contribution >= 0.6 is 11.3 Å². The zero-order chi connectivity index (χ0) is 15.3. The van der Waals surface area contributed by atoms with Gasteiger partial charge >= 0.3 is 0 Å². The van der Waals surface area contributed by atoms with E-state index in [1.807, 2.05) is 29.6 Å². The van der Waals surface area contributed by atoms with Crippen LogP contribution in [0.1, 0.15) is 16.8 Å². The van der Waals surface area contributed by atoms with E-state index in [0.717, 1.165) is 10.4 Å². The van der Waals surface area contributed by atoms with Crippen LogP contribution in [0, 0.1) is 0 Å². The summed E-state index contributed by atoms with van der Waals surface area (Å²) >= 11 is 1.62. The van der Waals surface area contributed by atoms with Crippen molar-refractivity contribution in [1.82, 2.24) is 4.90 Å². The zero-order valence-corrected chi connectivity index (χ0v) is 12.6. The van der Waals surface area contributed by atoms with Gasteiger partial charge in [0.15, 0.2) is 0 Å². The first-order valence-corrected chi connectivity index (χ1v) is 8.08. The summed E-state index contributed by atoms with van der Waals surface area (Å²) in [6.45, 7) is 0.529. The van der Waals surface area contributed by atoms with Gasteiger partial charge in [0.1, 0.15) is 6.04 Å². The molecule has 0 bridgehead atoms. The van der Waals surface area contributed by atoms with Gasteiger partial charge in [-0.05, 0) is 35.6 Å². The summed E-state index contributed by atoms with van der Waals surface area (Å²) in [7, 11) is 0. The van der Waals surface area contributed by atoms with Crippen LogP contribution in [0.3, 0.4) is 0 Å². The molecule has 2 aliphatic rings. The number of thiophene rings is 1. The highest BCUT2D eigenvalue weighted by Gasteiger charge is 2.43. The van der Waals surface area contributed by atoms with Gasteiger partial charge in [0.2, 0.25) is 5.91 Å². The molecule has 2 aromatic rings. The molecule has 0 unspecified atom stereocenters. The van der Waals surface area contributed by atoms with Crippen molar-refractivity contribution < 1.29 is 9.59 Å². The molecule has 1 fully saturated rings.